The summed E-state index contributed by atoms with van der Waals surface area (Å²) in [6.45, 7) is 4.93. The second kappa shape index (κ2) is 6.15. The summed E-state index contributed by atoms with van der Waals surface area (Å²) in [5, 5.41) is 3.51. The molecule has 3 rings (SSSR count). The SMILES string of the molecule is Cc1nccn1-c1ccc(C(C)NCc2nccn2C)cc1. The first kappa shape index (κ1) is 14.5. The van der Waals surface area contributed by atoms with Crippen LogP contribution >= 0.6 is 0 Å². The Kier molecular flexibility index (Phi) is 4.06. The van der Waals surface area contributed by atoms with Crippen molar-refractivity contribution in [3.05, 3.63) is 66.3 Å². The highest BCUT2D eigenvalue weighted by Gasteiger charge is 2.07. The summed E-state index contributed by atoms with van der Waals surface area (Å²) in [6.07, 6.45) is 7.58. The van der Waals surface area contributed by atoms with Crippen molar-refractivity contribution in [1.29, 1.82) is 0 Å². The molecule has 0 fully saturated rings. The van der Waals surface area contributed by atoms with Gasteiger partial charge in [0.05, 0.1) is 6.54 Å². The maximum atomic E-state index is 4.33. The van der Waals surface area contributed by atoms with Crippen molar-refractivity contribution in [3.63, 3.8) is 0 Å². The van der Waals surface area contributed by atoms with Gasteiger partial charge in [0.1, 0.15) is 11.6 Å². The van der Waals surface area contributed by atoms with E-state index in [4.69, 9.17) is 0 Å². The van der Waals surface area contributed by atoms with E-state index in [2.05, 4.69) is 51.0 Å². The largest absolute Gasteiger partial charge is 0.337 e. The molecule has 0 amide bonds. The quantitative estimate of drug-likeness (QED) is 0.787. The molecular formula is C17H21N5. The molecule has 114 valence electrons. The normalized spacial score (nSPS) is 12.5. The van der Waals surface area contributed by atoms with E-state index < -0.39 is 0 Å². The second-order valence-corrected chi connectivity index (χ2v) is 5.49. The van der Waals surface area contributed by atoms with Gasteiger partial charge in [-0.25, -0.2) is 9.97 Å². The minimum Gasteiger partial charge on any atom is -0.337 e. The van der Waals surface area contributed by atoms with Gasteiger partial charge in [-0.3, -0.25) is 0 Å². The van der Waals surface area contributed by atoms with Gasteiger partial charge < -0.3 is 14.5 Å². The average molecular weight is 295 g/mol. The van der Waals surface area contributed by atoms with Crippen LogP contribution in [0.4, 0.5) is 0 Å². The van der Waals surface area contributed by atoms with Crippen LogP contribution in [0.25, 0.3) is 5.69 Å². The summed E-state index contributed by atoms with van der Waals surface area (Å²) < 4.78 is 4.11. The maximum absolute atomic E-state index is 4.33. The molecule has 1 N–H and O–H groups in total. The molecule has 5 heteroatoms. The van der Waals surface area contributed by atoms with Gasteiger partial charge in [0.15, 0.2) is 0 Å². The Bertz CT molecular complexity index is 739. The zero-order valence-corrected chi connectivity index (χ0v) is 13.2. The van der Waals surface area contributed by atoms with Crippen LogP contribution in [-0.2, 0) is 13.6 Å². The Labute approximate surface area is 130 Å². The summed E-state index contributed by atoms with van der Waals surface area (Å²) in [6, 6.07) is 8.84. The molecule has 1 atom stereocenters. The highest BCUT2D eigenvalue weighted by atomic mass is 15.1. The van der Waals surface area contributed by atoms with E-state index in [1.165, 1.54) is 5.56 Å². The van der Waals surface area contributed by atoms with Crippen molar-refractivity contribution in [2.24, 2.45) is 7.05 Å². The first-order valence-corrected chi connectivity index (χ1v) is 7.45. The predicted octanol–water partition coefficient (Wildman–Crippen LogP) is 2.77. The number of hydrogen-bond donors (Lipinski definition) is 1. The number of nitrogens with zero attached hydrogens (tertiary/aromatic N) is 4. The summed E-state index contributed by atoms with van der Waals surface area (Å²) in [5.41, 5.74) is 2.39. The molecule has 0 aliphatic carbocycles. The Balaban J connectivity index is 1.67. The predicted molar refractivity (Wildman–Crippen MR) is 86.8 cm³/mol. The third-order valence-electron chi connectivity index (χ3n) is 3.98. The maximum Gasteiger partial charge on any atom is 0.122 e. The fourth-order valence-electron chi connectivity index (χ4n) is 2.50. The Morgan fingerprint density at radius 3 is 2.41 bits per heavy atom. The van der Waals surface area contributed by atoms with E-state index in [1.54, 1.807) is 0 Å². The van der Waals surface area contributed by atoms with Crippen LogP contribution in [0, 0.1) is 6.92 Å². The van der Waals surface area contributed by atoms with E-state index in [1.807, 2.05) is 43.3 Å². The van der Waals surface area contributed by atoms with Gasteiger partial charge in [0.25, 0.3) is 0 Å². The molecule has 1 unspecified atom stereocenters. The monoisotopic (exact) mass is 295 g/mol. The molecule has 0 aliphatic rings. The molecule has 0 bridgehead atoms. The van der Waals surface area contributed by atoms with E-state index in [-0.39, 0.29) is 6.04 Å². The second-order valence-electron chi connectivity index (χ2n) is 5.49. The molecular weight excluding hydrogens is 274 g/mol. The smallest absolute Gasteiger partial charge is 0.122 e. The van der Waals surface area contributed by atoms with Gasteiger partial charge >= 0.3 is 0 Å². The zero-order valence-electron chi connectivity index (χ0n) is 13.2. The van der Waals surface area contributed by atoms with Gasteiger partial charge in [-0.05, 0) is 31.5 Å². The number of benzene rings is 1. The van der Waals surface area contributed by atoms with Gasteiger partial charge in [-0.1, -0.05) is 12.1 Å². The van der Waals surface area contributed by atoms with Gasteiger partial charge in [0.2, 0.25) is 0 Å². The van der Waals surface area contributed by atoms with Gasteiger partial charge in [-0.15, -0.1) is 0 Å². The summed E-state index contributed by atoms with van der Waals surface area (Å²) >= 11 is 0. The summed E-state index contributed by atoms with van der Waals surface area (Å²) in [5.74, 6) is 2.03. The number of imidazole rings is 2. The standard InChI is InChI=1S/C17H21N5/c1-13(20-12-17-19-8-10-21(17)3)15-4-6-16(7-5-15)22-11-9-18-14(22)2/h4-11,13,20H,12H2,1-3H3. The van der Waals surface area contributed by atoms with Crippen LogP contribution in [-0.4, -0.2) is 19.1 Å². The minimum absolute atomic E-state index is 0.273. The van der Waals surface area contributed by atoms with Crippen LogP contribution < -0.4 is 5.32 Å². The Morgan fingerprint density at radius 1 is 1.09 bits per heavy atom. The number of nitrogens with one attached hydrogen (secondary N) is 1. The molecule has 0 saturated heterocycles. The summed E-state index contributed by atoms with van der Waals surface area (Å²) in [7, 11) is 2.01. The number of aryl methyl sites for hydroxylation is 2. The molecule has 0 saturated carbocycles. The van der Waals surface area contributed by atoms with Gasteiger partial charge in [0, 0.05) is 43.6 Å². The fourth-order valence-corrected chi connectivity index (χ4v) is 2.50. The Morgan fingerprint density at radius 2 is 1.82 bits per heavy atom. The molecule has 0 radical (unpaired) electrons. The lowest BCUT2D eigenvalue weighted by molar-refractivity contribution is 0.549. The molecule has 1 aromatic carbocycles. The molecule has 22 heavy (non-hydrogen) atoms. The number of hydrogen-bond acceptors (Lipinski definition) is 3. The molecule has 2 aromatic heterocycles. The van der Waals surface area contributed by atoms with Crippen LogP contribution in [0.1, 0.15) is 30.2 Å². The lowest BCUT2D eigenvalue weighted by atomic mass is 10.1. The van der Waals surface area contributed by atoms with E-state index in [0.29, 0.717) is 0 Å². The molecule has 0 spiro atoms. The topological polar surface area (TPSA) is 47.7 Å². The number of aromatic nitrogens is 4. The van der Waals surface area contributed by atoms with E-state index in [9.17, 15) is 0 Å². The van der Waals surface area contributed by atoms with E-state index in [0.717, 1.165) is 23.9 Å². The third-order valence-corrected chi connectivity index (χ3v) is 3.98. The van der Waals surface area contributed by atoms with Crippen LogP contribution in [0.15, 0.2) is 49.1 Å². The first-order valence-electron chi connectivity index (χ1n) is 7.45. The fraction of sp³-hybridized carbons (Fsp3) is 0.294. The first-order chi connectivity index (χ1) is 10.6. The molecule has 0 aliphatic heterocycles. The van der Waals surface area contributed by atoms with Crippen molar-refractivity contribution in [2.45, 2.75) is 26.4 Å². The van der Waals surface area contributed by atoms with Crippen LogP contribution in [0.2, 0.25) is 0 Å². The van der Waals surface area contributed by atoms with E-state index >= 15 is 0 Å². The molecule has 2 heterocycles. The van der Waals surface area contributed by atoms with Crippen molar-refractivity contribution >= 4 is 0 Å². The molecule has 5 nitrogen and oxygen atoms in total. The van der Waals surface area contributed by atoms with Gasteiger partial charge in [-0.2, -0.15) is 0 Å². The van der Waals surface area contributed by atoms with Crippen molar-refractivity contribution in [2.75, 3.05) is 0 Å². The molecule has 3 aromatic rings. The van der Waals surface area contributed by atoms with Crippen molar-refractivity contribution in [1.82, 2.24) is 24.4 Å². The average Bonchev–Trinajstić information content (AvgIpc) is 3.13. The minimum atomic E-state index is 0.273. The highest BCUT2D eigenvalue weighted by molar-refractivity contribution is 5.36. The van der Waals surface area contributed by atoms with Crippen molar-refractivity contribution < 1.29 is 0 Å². The third kappa shape index (κ3) is 2.94. The van der Waals surface area contributed by atoms with Crippen LogP contribution in [0.5, 0.6) is 0 Å². The number of rotatable bonds is 5. The Hall–Kier alpha value is -2.40. The zero-order chi connectivity index (χ0) is 15.5. The highest BCUT2D eigenvalue weighted by Crippen LogP contribution is 2.17. The lowest BCUT2D eigenvalue weighted by Crippen LogP contribution is -2.20. The lowest BCUT2D eigenvalue weighted by Gasteiger charge is -2.15. The van der Waals surface area contributed by atoms with Crippen LogP contribution in [0.3, 0.4) is 0 Å². The van der Waals surface area contributed by atoms with Crippen molar-refractivity contribution in [3.8, 4) is 5.69 Å². The summed E-state index contributed by atoms with van der Waals surface area (Å²) in [4.78, 5) is 8.59.